The molecule has 2 aliphatic rings. The summed E-state index contributed by atoms with van der Waals surface area (Å²) in [5.74, 6) is 1.24. The van der Waals surface area contributed by atoms with Gasteiger partial charge in [-0.25, -0.2) is 0 Å². The van der Waals surface area contributed by atoms with Gasteiger partial charge in [0.1, 0.15) is 0 Å². The fraction of sp³-hybridized carbons (Fsp3) is 0.650. The van der Waals surface area contributed by atoms with Gasteiger partial charge in [-0.3, -0.25) is 4.79 Å². The van der Waals surface area contributed by atoms with E-state index in [0.717, 1.165) is 6.42 Å². The topological polar surface area (TPSA) is 67.1 Å². The van der Waals surface area contributed by atoms with Crippen LogP contribution in [-0.2, 0) is 4.79 Å². The number of hydrogen-bond donors (Lipinski definition) is 3. The Balaban J connectivity index is 1.52. The molecule has 1 amide bonds. The van der Waals surface area contributed by atoms with Gasteiger partial charge in [-0.2, -0.15) is 0 Å². The molecule has 0 aromatic heterocycles. The molecule has 5 atom stereocenters. The zero-order valence-corrected chi connectivity index (χ0v) is 15.1. The maximum atomic E-state index is 12.6. The van der Waals surface area contributed by atoms with Crippen molar-refractivity contribution in [2.75, 3.05) is 6.54 Å². The summed E-state index contributed by atoms with van der Waals surface area (Å²) in [5.41, 5.74) is 7.37. The van der Waals surface area contributed by atoms with Crippen LogP contribution in [0.3, 0.4) is 0 Å². The van der Waals surface area contributed by atoms with E-state index in [9.17, 15) is 4.79 Å². The fourth-order valence-corrected chi connectivity index (χ4v) is 4.61. The summed E-state index contributed by atoms with van der Waals surface area (Å²) >= 11 is 0. The van der Waals surface area contributed by atoms with Gasteiger partial charge in [0.05, 0.1) is 5.92 Å². The first kappa shape index (κ1) is 17.4. The molecule has 2 fully saturated rings. The number of benzene rings is 1. The molecule has 5 unspecified atom stereocenters. The lowest BCUT2D eigenvalue weighted by atomic mass is 9.84. The fourth-order valence-electron chi connectivity index (χ4n) is 4.61. The molecule has 2 bridgehead atoms. The minimum absolute atomic E-state index is 0.0195. The Morgan fingerprint density at radius 3 is 2.54 bits per heavy atom. The number of nitrogens with two attached hydrogens (primary N) is 1. The molecule has 0 saturated heterocycles. The molecule has 1 aromatic carbocycles. The Morgan fingerprint density at radius 1 is 1.25 bits per heavy atom. The van der Waals surface area contributed by atoms with E-state index in [0.29, 0.717) is 18.4 Å². The summed E-state index contributed by atoms with van der Waals surface area (Å²) in [6, 6.07) is 10.7. The number of amides is 1. The van der Waals surface area contributed by atoms with Gasteiger partial charge in [-0.05, 0) is 57.4 Å². The summed E-state index contributed by atoms with van der Waals surface area (Å²) in [5, 5.41) is 6.77. The predicted octanol–water partition coefficient (Wildman–Crippen LogP) is 2.61. The number of hydrogen-bond acceptors (Lipinski definition) is 3. The quantitative estimate of drug-likeness (QED) is 0.751. The molecule has 132 valence electrons. The van der Waals surface area contributed by atoms with Crippen molar-refractivity contribution < 1.29 is 4.79 Å². The SMILES string of the molecule is CC(NC(C)(C)CNC(=O)C1C2CCC(C2)C1N)c1ccccc1. The van der Waals surface area contributed by atoms with Gasteiger partial charge >= 0.3 is 0 Å². The second-order valence-electron chi connectivity index (χ2n) is 8.31. The van der Waals surface area contributed by atoms with Crippen LogP contribution >= 0.6 is 0 Å². The van der Waals surface area contributed by atoms with Crippen molar-refractivity contribution in [1.82, 2.24) is 10.6 Å². The third-order valence-corrected chi connectivity index (χ3v) is 5.89. The van der Waals surface area contributed by atoms with Crippen molar-refractivity contribution in [2.24, 2.45) is 23.5 Å². The van der Waals surface area contributed by atoms with E-state index in [-0.39, 0.29) is 29.4 Å². The van der Waals surface area contributed by atoms with Crippen molar-refractivity contribution in [3.63, 3.8) is 0 Å². The van der Waals surface area contributed by atoms with Crippen LogP contribution in [0.2, 0.25) is 0 Å². The van der Waals surface area contributed by atoms with Gasteiger partial charge < -0.3 is 16.4 Å². The van der Waals surface area contributed by atoms with Crippen LogP contribution in [0.1, 0.15) is 51.6 Å². The van der Waals surface area contributed by atoms with E-state index in [2.05, 4.69) is 55.7 Å². The van der Waals surface area contributed by atoms with Crippen LogP contribution < -0.4 is 16.4 Å². The standard InChI is InChI=1S/C20H31N3O/c1-13(14-7-5-4-6-8-14)23-20(2,3)12-22-19(24)17-15-9-10-16(11-15)18(17)21/h4-8,13,15-18,23H,9-12,21H2,1-3H3,(H,22,24). The summed E-state index contributed by atoms with van der Waals surface area (Å²) < 4.78 is 0. The van der Waals surface area contributed by atoms with Gasteiger partial charge in [-0.15, -0.1) is 0 Å². The molecule has 4 N–H and O–H groups in total. The smallest absolute Gasteiger partial charge is 0.225 e. The second-order valence-corrected chi connectivity index (χ2v) is 8.31. The van der Waals surface area contributed by atoms with E-state index in [1.807, 2.05) is 6.07 Å². The molecule has 0 heterocycles. The Hall–Kier alpha value is -1.39. The molecule has 24 heavy (non-hydrogen) atoms. The number of carbonyl (C=O) groups is 1. The first-order valence-electron chi connectivity index (χ1n) is 9.23. The Kier molecular flexibility index (Phi) is 4.97. The van der Waals surface area contributed by atoms with E-state index in [1.165, 1.54) is 18.4 Å². The molecule has 4 nitrogen and oxygen atoms in total. The van der Waals surface area contributed by atoms with Crippen molar-refractivity contribution >= 4 is 5.91 Å². The first-order chi connectivity index (χ1) is 11.4. The highest BCUT2D eigenvalue weighted by Crippen LogP contribution is 2.47. The first-order valence-corrected chi connectivity index (χ1v) is 9.23. The number of fused-ring (bicyclic) bond motifs is 2. The monoisotopic (exact) mass is 329 g/mol. The molecule has 3 rings (SSSR count). The minimum Gasteiger partial charge on any atom is -0.354 e. The lowest BCUT2D eigenvalue weighted by molar-refractivity contribution is -0.127. The predicted molar refractivity (Wildman–Crippen MR) is 97.4 cm³/mol. The summed E-state index contributed by atoms with van der Waals surface area (Å²) in [7, 11) is 0. The number of carbonyl (C=O) groups excluding carboxylic acids is 1. The lowest BCUT2D eigenvalue weighted by Crippen LogP contribution is -2.53. The maximum Gasteiger partial charge on any atom is 0.225 e. The zero-order chi connectivity index (χ0) is 17.3. The average Bonchev–Trinajstić information content (AvgIpc) is 3.14. The second kappa shape index (κ2) is 6.85. The summed E-state index contributed by atoms with van der Waals surface area (Å²) in [6.45, 7) is 7.04. The molecular formula is C20H31N3O. The van der Waals surface area contributed by atoms with Gasteiger partial charge in [0.15, 0.2) is 0 Å². The van der Waals surface area contributed by atoms with Crippen molar-refractivity contribution in [3.8, 4) is 0 Å². The van der Waals surface area contributed by atoms with Gasteiger partial charge in [0.2, 0.25) is 5.91 Å². The molecule has 2 aliphatic carbocycles. The van der Waals surface area contributed by atoms with E-state index >= 15 is 0 Å². The Labute approximate surface area is 145 Å². The highest BCUT2D eigenvalue weighted by Gasteiger charge is 2.49. The van der Waals surface area contributed by atoms with Gasteiger partial charge in [-0.1, -0.05) is 30.3 Å². The van der Waals surface area contributed by atoms with Crippen LogP contribution in [0.25, 0.3) is 0 Å². The Morgan fingerprint density at radius 2 is 1.92 bits per heavy atom. The van der Waals surface area contributed by atoms with Crippen molar-refractivity contribution in [2.45, 2.75) is 57.7 Å². The molecule has 1 aromatic rings. The van der Waals surface area contributed by atoms with Crippen LogP contribution in [0.5, 0.6) is 0 Å². The van der Waals surface area contributed by atoms with Crippen LogP contribution in [0.4, 0.5) is 0 Å². The van der Waals surface area contributed by atoms with Gasteiger partial charge in [0.25, 0.3) is 0 Å². The van der Waals surface area contributed by atoms with Crippen LogP contribution in [0, 0.1) is 17.8 Å². The van der Waals surface area contributed by atoms with Crippen LogP contribution in [-0.4, -0.2) is 24.0 Å². The zero-order valence-electron chi connectivity index (χ0n) is 15.1. The van der Waals surface area contributed by atoms with Crippen molar-refractivity contribution in [1.29, 1.82) is 0 Å². The van der Waals surface area contributed by atoms with E-state index in [1.54, 1.807) is 0 Å². The van der Waals surface area contributed by atoms with Crippen LogP contribution in [0.15, 0.2) is 30.3 Å². The average molecular weight is 329 g/mol. The number of rotatable bonds is 6. The molecule has 0 spiro atoms. The molecular weight excluding hydrogens is 298 g/mol. The minimum atomic E-state index is -0.174. The summed E-state index contributed by atoms with van der Waals surface area (Å²) in [4.78, 5) is 12.6. The van der Waals surface area contributed by atoms with E-state index in [4.69, 9.17) is 5.73 Å². The summed E-state index contributed by atoms with van der Waals surface area (Å²) in [6.07, 6.45) is 3.52. The maximum absolute atomic E-state index is 12.6. The normalized spacial score (nSPS) is 30.3. The third-order valence-electron chi connectivity index (χ3n) is 5.89. The highest BCUT2D eigenvalue weighted by atomic mass is 16.2. The molecule has 4 heteroatoms. The third kappa shape index (κ3) is 3.65. The Bertz CT molecular complexity index is 570. The molecule has 0 radical (unpaired) electrons. The molecule has 0 aliphatic heterocycles. The van der Waals surface area contributed by atoms with Gasteiger partial charge in [0, 0.05) is 24.2 Å². The van der Waals surface area contributed by atoms with Crippen molar-refractivity contribution in [3.05, 3.63) is 35.9 Å². The largest absolute Gasteiger partial charge is 0.354 e. The molecule has 2 saturated carbocycles. The number of nitrogens with one attached hydrogen (secondary N) is 2. The lowest BCUT2D eigenvalue weighted by Gasteiger charge is -2.33. The highest BCUT2D eigenvalue weighted by molar-refractivity contribution is 5.80. The van der Waals surface area contributed by atoms with E-state index < -0.39 is 0 Å².